The van der Waals surface area contributed by atoms with Gasteiger partial charge in [-0.15, -0.1) is 0 Å². The number of rotatable bonds is 4. The van der Waals surface area contributed by atoms with Crippen LogP contribution in [0.2, 0.25) is 0 Å². The number of likely N-dealkylation sites (N-methyl/N-ethyl adjacent to an activating group) is 1. The standard InChI is InChI=1S/C21H21N3O3/c1-12-5-10-17(13(2)11-12)23-19-18(20(26)24(4)21(19)27)15-6-8-16(9-7-15)22-14(3)25/h5-11,23H,1-4H3,(H,22,25). The molecule has 0 bridgehead atoms. The average molecular weight is 363 g/mol. The van der Waals surface area contributed by atoms with Gasteiger partial charge in [0.05, 0.1) is 5.57 Å². The van der Waals surface area contributed by atoms with Gasteiger partial charge in [-0.1, -0.05) is 29.8 Å². The fourth-order valence-electron chi connectivity index (χ4n) is 3.04. The Balaban J connectivity index is 2.03. The van der Waals surface area contributed by atoms with Crippen molar-refractivity contribution in [1.82, 2.24) is 4.90 Å². The predicted octanol–water partition coefficient (Wildman–Crippen LogP) is 3.08. The Kier molecular flexibility index (Phi) is 4.81. The van der Waals surface area contributed by atoms with Gasteiger partial charge in [0.2, 0.25) is 5.91 Å². The number of hydrogen-bond acceptors (Lipinski definition) is 4. The number of carbonyl (C=O) groups excluding carboxylic acids is 3. The van der Waals surface area contributed by atoms with Crippen LogP contribution in [-0.2, 0) is 14.4 Å². The summed E-state index contributed by atoms with van der Waals surface area (Å²) in [4.78, 5) is 37.5. The minimum atomic E-state index is -0.374. The highest BCUT2D eigenvalue weighted by Crippen LogP contribution is 2.31. The molecule has 0 radical (unpaired) electrons. The van der Waals surface area contributed by atoms with Crippen molar-refractivity contribution in [1.29, 1.82) is 0 Å². The number of carbonyl (C=O) groups is 3. The second-order valence-corrected chi connectivity index (χ2v) is 6.62. The number of anilines is 2. The third-order valence-electron chi connectivity index (χ3n) is 4.42. The SMILES string of the molecule is CC(=O)Nc1ccc(C2=C(Nc3ccc(C)cc3C)C(=O)N(C)C2=O)cc1. The Morgan fingerprint density at radius 1 is 0.963 bits per heavy atom. The number of hydrogen-bond donors (Lipinski definition) is 2. The van der Waals surface area contributed by atoms with Crippen molar-refractivity contribution in [3.05, 3.63) is 64.9 Å². The molecule has 0 fully saturated rings. The molecule has 6 heteroatoms. The fraction of sp³-hybridized carbons (Fsp3) is 0.190. The minimum absolute atomic E-state index is 0.175. The maximum atomic E-state index is 12.7. The number of aryl methyl sites for hydroxylation is 2. The highest BCUT2D eigenvalue weighted by Gasteiger charge is 2.36. The Hall–Kier alpha value is -3.41. The molecule has 1 heterocycles. The summed E-state index contributed by atoms with van der Waals surface area (Å²) in [6.45, 7) is 5.37. The number of amides is 3. The van der Waals surface area contributed by atoms with Gasteiger partial charge in [-0.25, -0.2) is 0 Å². The van der Waals surface area contributed by atoms with E-state index < -0.39 is 0 Å². The highest BCUT2D eigenvalue weighted by atomic mass is 16.2. The van der Waals surface area contributed by atoms with Crippen molar-refractivity contribution in [2.24, 2.45) is 0 Å². The quantitative estimate of drug-likeness (QED) is 0.819. The molecule has 138 valence electrons. The van der Waals surface area contributed by atoms with Gasteiger partial charge >= 0.3 is 0 Å². The molecule has 0 atom stereocenters. The van der Waals surface area contributed by atoms with Crippen molar-refractivity contribution in [3.63, 3.8) is 0 Å². The molecular weight excluding hydrogens is 342 g/mol. The van der Waals surface area contributed by atoms with E-state index in [0.717, 1.165) is 21.7 Å². The third kappa shape index (κ3) is 3.60. The van der Waals surface area contributed by atoms with E-state index in [9.17, 15) is 14.4 Å². The molecule has 1 aliphatic rings. The number of nitrogens with zero attached hydrogens (tertiary/aromatic N) is 1. The van der Waals surface area contributed by atoms with Gasteiger partial charge in [-0.3, -0.25) is 19.3 Å². The first-order chi connectivity index (χ1) is 12.8. The molecule has 6 nitrogen and oxygen atoms in total. The van der Waals surface area contributed by atoms with Crippen LogP contribution in [-0.4, -0.2) is 29.7 Å². The summed E-state index contributed by atoms with van der Waals surface area (Å²) in [7, 11) is 1.47. The van der Waals surface area contributed by atoms with Crippen molar-refractivity contribution in [3.8, 4) is 0 Å². The molecule has 0 unspecified atom stereocenters. The second-order valence-electron chi connectivity index (χ2n) is 6.62. The number of benzene rings is 2. The van der Waals surface area contributed by atoms with Crippen molar-refractivity contribution in [2.75, 3.05) is 17.7 Å². The Bertz CT molecular complexity index is 975. The van der Waals surface area contributed by atoms with Crippen molar-refractivity contribution < 1.29 is 14.4 Å². The van der Waals surface area contributed by atoms with Gasteiger partial charge in [-0.2, -0.15) is 0 Å². The summed E-state index contributed by atoms with van der Waals surface area (Å²) in [6.07, 6.45) is 0. The Morgan fingerprint density at radius 2 is 1.63 bits per heavy atom. The summed E-state index contributed by atoms with van der Waals surface area (Å²) < 4.78 is 0. The van der Waals surface area contributed by atoms with E-state index in [1.807, 2.05) is 32.0 Å². The van der Waals surface area contributed by atoms with E-state index in [4.69, 9.17) is 0 Å². The van der Waals surface area contributed by atoms with Crippen LogP contribution in [0, 0.1) is 13.8 Å². The summed E-state index contributed by atoms with van der Waals surface area (Å²) >= 11 is 0. The summed E-state index contributed by atoms with van der Waals surface area (Å²) in [6, 6.07) is 12.7. The predicted molar refractivity (Wildman–Crippen MR) is 105 cm³/mol. The molecule has 3 amide bonds. The van der Waals surface area contributed by atoms with Crippen LogP contribution in [0.15, 0.2) is 48.2 Å². The molecule has 27 heavy (non-hydrogen) atoms. The average Bonchev–Trinajstić information content (AvgIpc) is 2.82. The van der Waals surface area contributed by atoms with Crippen LogP contribution in [0.1, 0.15) is 23.6 Å². The molecule has 0 aromatic heterocycles. The van der Waals surface area contributed by atoms with Crippen LogP contribution in [0.5, 0.6) is 0 Å². The van der Waals surface area contributed by atoms with Gasteiger partial charge in [-0.05, 0) is 43.2 Å². The second kappa shape index (κ2) is 7.07. The van der Waals surface area contributed by atoms with Gasteiger partial charge < -0.3 is 10.6 Å². The molecule has 2 aromatic carbocycles. The van der Waals surface area contributed by atoms with Crippen LogP contribution < -0.4 is 10.6 Å². The first kappa shape index (κ1) is 18.4. The monoisotopic (exact) mass is 363 g/mol. The van der Waals surface area contributed by atoms with Gasteiger partial charge in [0.25, 0.3) is 11.8 Å². The fourth-order valence-corrected chi connectivity index (χ4v) is 3.04. The summed E-state index contributed by atoms with van der Waals surface area (Å²) in [5.41, 5.74) is 4.68. The summed E-state index contributed by atoms with van der Waals surface area (Å²) in [5, 5.41) is 5.82. The minimum Gasteiger partial charge on any atom is -0.350 e. The topological polar surface area (TPSA) is 78.5 Å². The van der Waals surface area contributed by atoms with E-state index in [1.165, 1.54) is 14.0 Å². The summed E-state index contributed by atoms with van der Waals surface area (Å²) in [5.74, 6) is -0.911. The molecule has 0 saturated heterocycles. The van der Waals surface area contributed by atoms with E-state index in [-0.39, 0.29) is 23.4 Å². The lowest BCUT2D eigenvalue weighted by Gasteiger charge is -2.12. The zero-order valence-electron chi connectivity index (χ0n) is 15.7. The highest BCUT2D eigenvalue weighted by molar-refractivity contribution is 6.36. The molecule has 0 spiro atoms. The van der Waals surface area contributed by atoms with Crippen molar-refractivity contribution in [2.45, 2.75) is 20.8 Å². The van der Waals surface area contributed by atoms with Gasteiger partial charge in [0, 0.05) is 25.3 Å². The Labute approximate surface area is 157 Å². The lowest BCUT2D eigenvalue weighted by molar-refractivity contribution is -0.135. The normalized spacial score (nSPS) is 14.0. The molecule has 3 rings (SSSR count). The maximum absolute atomic E-state index is 12.7. The lowest BCUT2D eigenvalue weighted by atomic mass is 10.0. The largest absolute Gasteiger partial charge is 0.350 e. The number of nitrogens with one attached hydrogen (secondary N) is 2. The maximum Gasteiger partial charge on any atom is 0.277 e. The van der Waals surface area contributed by atoms with Crippen molar-refractivity contribution >= 4 is 34.7 Å². The van der Waals surface area contributed by atoms with Crippen LogP contribution in [0.25, 0.3) is 5.57 Å². The lowest BCUT2D eigenvalue weighted by Crippen LogP contribution is -2.28. The van der Waals surface area contributed by atoms with Gasteiger partial charge in [0.15, 0.2) is 0 Å². The zero-order chi connectivity index (χ0) is 19.7. The van der Waals surface area contributed by atoms with Crippen LogP contribution >= 0.6 is 0 Å². The zero-order valence-corrected chi connectivity index (χ0v) is 15.7. The smallest absolute Gasteiger partial charge is 0.277 e. The first-order valence-electron chi connectivity index (χ1n) is 8.57. The van der Waals surface area contributed by atoms with E-state index in [2.05, 4.69) is 10.6 Å². The molecule has 2 N–H and O–H groups in total. The van der Waals surface area contributed by atoms with E-state index >= 15 is 0 Å². The molecule has 0 saturated carbocycles. The third-order valence-corrected chi connectivity index (χ3v) is 4.42. The molecule has 1 aliphatic heterocycles. The molecule has 0 aliphatic carbocycles. The molecule has 2 aromatic rings. The number of imide groups is 1. The first-order valence-corrected chi connectivity index (χ1v) is 8.57. The van der Waals surface area contributed by atoms with Crippen LogP contribution in [0.4, 0.5) is 11.4 Å². The van der Waals surface area contributed by atoms with E-state index in [1.54, 1.807) is 24.3 Å². The molecular formula is C21H21N3O3. The Morgan fingerprint density at radius 3 is 2.22 bits per heavy atom. The van der Waals surface area contributed by atoms with Gasteiger partial charge in [0.1, 0.15) is 5.70 Å². The van der Waals surface area contributed by atoms with Crippen LogP contribution in [0.3, 0.4) is 0 Å². The van der Waals surface area contributed by atoms with E-state index in [0.29, 0.717) is 16.8 Å².